The van der Waals surface area contributed by atoms with Gasteiger partial charge in [-0.3, -0.25) is 4.79 Å². The van der Waals surface area contributed by atoms with Crippen LogP contribution < -0.4 is 10.3 Å². The highest BCUT2D eigenvalue weighted by Gasteiger charge is 2.07. The Balaban J connectivity index is 2.88. The normalized spacial score (nSPS) is 10.3. The average molecular weight is 211 g/mol. The standard InChI is InChI=1S/C10H13NO4/c1-6(2)5-7-3-4-8(9(12)11-7)15-10(13)14/h3-4,6H,5H2,1-2H3,(H,11,12)(H,13,14). The van der Waals surface area contributed by atoms with Crippen molar-refractivity contribution in [2.24, 2.45) is 5.92 Å². The zero-order valence-electron chi connectivity index (χ0n) is 8.61. The first-order chi connectivity index (χ1) is 6.99. The summed E-state index contributed by atoms with van der Waals surface area (Å²) in [6.45, 7) is 4.06. The molecule has 0 saturated carbocycles. The van der Waals surface area contributed by atoms with Gasteiger partial charge in [0.25, 0.3) is 5.56 Å². The molecular formula is C10H13NO4. The van der Waals surface area contributed by atoms with Crippen LogP contribution >= 0.6 is 0 Å². The Morgan fingerprint density at radius 3 is 2.67 bits per heavy atom. The van der Waals surface area contributed by atoms with Gasteiger partial charge in [-0.05, 0) is 24.5 Å². The number of nitrogens with one attached hydrogen (secondary N) is 1. The van der Waals surface area contributed by atoms with Crippen LogP contribution in [0.3, 0.4) is 0 Å². The van der Waals surface area contributed by atoms with E-state index in [9.17, 15) is 9.59 Å². The second-order valence-electron chi connectivity index (χ2n) is 3.64. The number of ether oxygens (including phenoxy) is 1. The monoisotopic (exact) mass is 211 g/mol. The lowest BCUT2D eigenvalue weighted by Gasteiger charge is -2.05. The molecule has 15 heavy (non-hydrogen) atoms. The van der Waals surface area contributed by atoms with E-state index < -0.39 is 11.7 Å². The molecule has 0 aromatic carbocycles. The van der Waals surface area contributed by atoms with Gasteiger partial charge in [0, 0.05) is 5.69 Å². The van der Waals surface area contributed by atoms with Gasteiger partial charge >= 0.3 is 6.16 Å². The van der Waals surface area contributed by atoms with Crippen LogP contribution in [0.2, 0.25) is 0 Å². The van der Waals surface area contributed by atoms with E-state index >= 15 is 0 Å². The van der Waals surface area contributed by atoms with E-state index in [0.29, 0.717) is 5.92 Å². The number of aromatic amines is 1. The predicted molar refractivity (Wildman–Crippen MR) is 54.3 cm³/mol. The van der Waals surface area contributed by atoms with Gasteiger partial charge < -0.3 is 14.8 Å². The maximum absolute atomic E-state index is 11.3. The molecule has 2 N–H and O–H groups in total. The van der Waals surface area contributed by atoms with Gasteiger partial charge in [-0.2, -0.15) is 0 Å². The molecule has 0 atom stereocenters. The zero-order valence-corrected chi connectivity index (χ0v) is 8.61. The third-order valence-corrected chi connectivity index (χ3v) is 1.76. The number of pyridine rings is 1. The van der Waals surface area contributed by atoms with Gasteiger partial charge in [-0.15, -0.1) is 0 Å². The van der Waals surface area contributed by atoms with E-state index in [-0.39, 0.29) is 5.75 Å². The maximum Gasteiger partial charge on any atom is 0.511 e. The molecule has 0 spiro atoms. The average Bonchev–Trinajstić information content (AvgIpc) is 2.08. The Morgan fingerprint density at radius 1 is 1.53 bits per heavy atom. The highest BCUT2D eigenvalue weighted by molar-refractivity contribution is 5.60. The summed E-state index contributed by atoms with van der Waals surface area (Å²) in [4.78, 5) is 24.1. The predicted octanol–water partition coefficient (Wildman–Crippen LogP) is 1.63. The van der Waals surface area contributed by atoms with Crippen molar-refractivity contribution in [3.05, 3.63) is 28.2 Å². The van der Waals surface area contributed by atoms with Gasteiger partial charge in [0.2, 0.25) is 0 Å². The van der Waals surface area contributed by atoms with Crippen molar-refractivity contribution in [1.82, 2.24) is 4.98 Å². The summed E-state index contributed by atoms with van der Waals surface area (Å²) < 4.78 is 4.28. The fourth-order valence-electron chi connectivity index (χ4n) is 1.23. The quantitative estimate of drug-likeness (QED) is 0.745. The minimum atomic E-state index is -1.49. The van der Waals surface area contributed by atoms with Gasteiger partial charge in [0.1, 0.15) is 0 Å². The van der Waals surface area contributed by atoms with Crippen LogP contribution in [0.15, 0.2) is 16.9 Å². The first-order valence-electron chi connectivity index (χ1n) is 4.62. The molecule has 0 unspecified atom stereocenters. The van der Waals surface area contributed by atoms with Gasteiger partial charge in [-0.25, -0.2) is 4.79 Å². The number of rotatable bonds is 3. The lowest BCUT2D eigenvalue weighted by atomic mass is 10.1. The van der Waals surface area contributed by atoms with Crippen LogP contribution in [0.1, 0.15) is 19.5 Å². The summed E-state index contributed by atoms with van der Waals surface area (Å²) in [6, 6.07) is 3.02. The maximum atomic E-state index is 11.3. The van der Waals surface area contributed by atoms with Gasteiger partial charge in [0.15, 0.2) is 5.75 Å². The van der Waals surface area contributed by atoms with E-state index in [2.05, 4.69) is 9.72 Å². The number of aromatic nitrogens is 1. The third-order valence-electron chi connectivity index (χ3n) is 1.76. The topological polar surface area (TPSA) is 79.4 Å². The van der Waals surface area contributed by atoms with Crippen LogP contribution in [0.25, 0.3) is 0 Å². The van der Waals surface area contributed by atoms with Crippen molar-refractivity contribution < 1.29 is 14.6 Å². The Kier molecular flexibility index (Phi) is 3.49. The Morgan fingerprint density at radius 2 is 2.20 bits per heavy atom. The molecule has 0 fully saturated rings. The van der Waals surface area contributed by atoms with Crippen LogP contribution in [0.5, 0.6) is 5.75 Å². The number of carboxylic acid groups (broad SMARTS) is 1. The molecule has 1 aromatic heterocycles. The Hall–Kier alpha value is -1.78. The van der Waals surface area contributed by atoms with E-state index in [0.717, 1.165) is 12.1 Å². The molecule has 1 aromatic rings. The molecule has 0 aliphatic rings. The number of hydrogen-bond donors (Lipinski definition) is 2. The summed E-state index contributed by atoms with van der Waals surface area (Å²) in [5.74, 6) is 0.224. The minimum Gasteiger partial charge on any atom is -0.449 e. The molecule has 0 aliphatic heterocycles. The highest BCUT2D eigenvalue weighted by Crippen LogP contribution is 2.07. The van der Waals surface area contributed by atoms with E-state index in [1.165, 1.54) is 6.07 Å². The summed E-state index contributed by atoms with van der Waals surface area (Å²) in [6.07, 6.45) is -0.750. The van der Waals surface area contributed by atoms with Gasteiger partial charge in [-0.1, -0.05) is 13.8 Å². The molecule has 1 heterocycles. The van der Waals surface area contributed by atoms with Crippen molar-refractivity contribution in [2.75, 3.05) is 0 Å². The minimum absolute atomic E-state index is 0.199. The second-order valence-corrected chi connectivity index (χ2v) is 3.64. The first-order valence-corrected chi connectivity index (χ1v) is 4.62. The van der Waals surface area contributed by atoms with Gasteiger partial charge in [0.05, 0.1) is 0 Å². The Labute approximate surface area is 86.7 Å². The highest BCUT2D eigenvalue weighted by atomic mass is 16.7. The van der Waals surface area contributed by atoms with Crippen molar-refractivity contribution in [3.63, 3.8) is 0 Å². The van der Waals surface area contributed by atoms with Crippen LogP contribution in [-0.2, 0) is 6.42 Å². The third kappa shape index (κ3) is 3.46. The van der Waals surface area contributed by atoms with E-state index in [1.807, 2.05) is 13.8 Å². The number of H-pyrrole nitrogens is 1. The molecule has 5 nitrogen and oxygen atoms in total. The smallest absolute Gasteiger partial charge is 0.449 e. The summed E-state index contributed by atoms with van der Waals surface area (Å²) in [7, 11) is 0. The number of hydrogen-bond acceptors (Lipinski definition) is 3. The zero-order chi connectivity index (χ0) is 11.4. The second kappa shape index (κ2) is 4.63. The van der Waals surface area contributed by atoms with E-state index in [1.54, 1.807) is 6.07 Å². The molecule has 1 rings (SSSR count). The molecule has 0 aliphatic carbocycles. The first kappa shape index (κ1) is 11.3. The summed E-state index contributed by atoms with van der Waals surface area (Å²) >= 11 is 0. The molecular weight excluding hydrogens is 198 g/mol. The molecule has 0 radical (unpaired) electrons. The molecule has 0 amide bonds. The van der Waals surface area contributed by atoms with Crippen molar-refractivity contribution in [1.29, 1.82) is 0 Å². The SMILES string of the molecule is CC(C)Cc1ccc(OC(=O)O)c(=O)[nH]1. The van der Waals surface area contributed by atoms with Crippen LogP contribution in [0, 0.1) is 5.92 Å². The van der Waals surface area contributed by atoms with Crippen LogP contribution in [-0.4, -0.2) is 16.2 Å². The van der Waals surface area contributed by atoms with Crippen LogP contribution in [0.4, 0.5) is 4.79 Å². The van der Waals surface area contributed by atoms with E-state index in [4.69, 9.17) is 5.11 Å². The molecule has 5 heteroatoms. The molecule has 0 saturated heterocycles. The van der Waals surface area contributed by atoms with Crippen molar-refractivity contribution in [3.8, 4) is 5.75 Å². The fraction of sp³-hybridized carbons (Fsp3) is 0.400. The number of carbonyl (C=O) groups is 1. The molecule has 0 bridgehead atoms. The fourth-order valence-corrected chi connectivity index (χ4v) is 1.23. The lowest BCUT2D eigenvalue weighted by Crippen LogP contribution is -2.16. The largest absolute Gasteiger partial charge is 0.511 e. The summed E-state index contributed by atoms with van der Waals surface area (Å²) in [5, 5.41) is 8.33. The molecule has 82 valence electrons. The van der Waals surface area contributed by atoms with Crippen molar-refractivity contribution >= 4 is 6.16 Å². The lowest BCUT2D eigenvalue weighted by molar-refractivity contribution is 0.143. The van der Waals surface area contributed by atoms with Crippen molar-refractivity contribution in [2.45, 2.75) is 20.3 Å². The summed E-state index contributed by atoms with van der Waals surface area (Å²) in [5.41, 5.74) is 0.253. The Bertz CT molecular complexity index is 408.